The first-order chi connectivity index (χ1) is 5.99. The molecule has 0 fully saturated rings. The Bertz CT molecular complexity index is 164. The minimum absolute atomic E-state index is 0.0560. The van der Waals surface area contributed by atoms with Gasteiger partial charge in [-0.3, -0.25) is 0 Å². The van der Waals surface area contributed by atoms with Crippen LogP contribution in [-0.2, 0) is 4.74 Å². The average molecular weight is 183 g/mol. The van der Waals surface area contributed by atoms with Crippen molar-refractivity contribution in [3.8, 4) is 12.3 Å². The summed E-state index contributed by atoms with van der Waals surface area (Å²) in [5.41, 5.74) is -0.0560. The lowest BCUT2D eigenvalue weighted by Gasteiger charge is -2.20. The van der Waals surface area contributed by atoms with Gasteiger partial charge < -0.3 is 10.1 Å². The predicted octanol–water partition coefficient (Wildman–Crippen LogP) is 1.80. The lowest BCUT2D eigenvalue weighted by molar-refractivity contribution is -0.00120. The Kier molecular flexibility index (Phi) is 5.77. The second-order valence-electron chi connectivity index (χ2n) is 4.04. The van der Waals surface area contributed by atoms with E-state index >= 15 is 0 Å². The highest BCUT2D eigenvalue weighted by Crippen LogP contribution is 2.05. The maximum Gasteiger partial charge on any atom is 0.0685 e. The summed E-state index contributed by atoms with van der Waals surface area (Å²) in [5.74, 6) is 2.68. The van der Waals surface area contributed by atoms with Gasteiger partial charge in [-0.05, 0) is 27.2 Å². The molecule has 1 N–H and O–H groups in total. The van der Waals surface area contributed by atoms with Crippen LogP contribution in [0.2, 0.25) is 0 Å². The Balaban J connectivity index is 3.41. The summed E-state index contributed by atoms with van der Waals surface area (Å²) in [6.45, 7) is 9.74. The van der Waals surface area contributed by atoms with Gasteiger partial charge in [-0.2, -0.15) is 0 Å². The Labute approximate surface area is 82.1 Å². The van der Waals surface area contributed by atoms with Crippen molar-refractivity contribution in [2.75, 3.05) is 13.2 Å². The van der Waals surface area contributed by atoms with Crippen LogP contribution in [0.3, 0.4) is 0 Å². The molecule has 0 bridgehead atoms. The van der Waals surface area contributed by atoms with Gasteiger partial charge in [0.2, 0.25) is 0 Å². The van der Waals surface area contributed by atoms with E-state index < -0.39 is 0 Å². The Hall–Kier alpha value is -0.520. The standard InChI is InChI=1S/C11H21NO/c1-6-10(7-2)12-8-9-13-11(3,4)5/h1,10,12H,7-9H2,2-5H3. The summed E-state index contributed by atoms with van der Waals surface area (Å²) in [7, 11) is 0. The molecule has 0 aliphatic carbocycles. The third-order valence-corrected chi connectivity index (χ3v) is 1.64. The molecular weight excluding hydrogens is 162 g/mol. The summed E-state index contributed by atoms with van der Waals surface area (Å²) < 4.78 is 5.54. The zero-order valence-corrected chi connectivity index (χ0v) is 9.18. The van der Waals surface area contributed by atoms with E-state index in [4.69, 9.17) is 11.2 Å². The molecule has 0 aromatic carbocycles. The van der Waals surface area contributed by atoms with Crippen molar-refractivity contribution in [3.63, 3.8) is 0 Å². The maximum absolute atomic E-state index is 5.54. The van der Waals surface area contributed by atoms with E-state index in [2.05, 4.69) is 18.2 Å². The van der Waals surface area contributed by atoms with Crippen LogP contribution < -0.4 is 5.32 Å². The van der Waals surface area contributed by atoms with Crippen molar-refractivity contribution in [2.45, 2.75) is 45.8 Å². The van der Waals surface area contributed by atoms with Gasteiger partial charge in [0.05, 0.1) is 18.2 Å². The molecule has 1 atom stereocenters. The van der Waals surface area contributed by atoms with E-state index in [9.17, 15) is 0 Å². The lowest BCUT2D eigenvalue weighted by Crippen LogP contribution is -2.32. The number of hydrogen-bond acceptors (Lipinski definition) is 2. The molecule has 0 radical (unpaired) electrons. The van der Waals surface area contributed by atoms with Crippen molar-refractivity contribution in [3.05, 3.63) is 0 Å². The van der Waals surface area contributed by atoms with Gasteiger partial charge in [0.15, 0.2) is 0 Å². The van der Waals surface area contributed by atoms with Gasteiger partial charge in [0.1, 0.15) is 0 Å². The molecule has 0 aliphatic rings. The third kappa shape index (κ3) is 7.83. The number of ether oxygens (including phenoxy) is 1. The summed E-state index contributed by atoms with van der Waals surface area (Å²) in [6, 6.07) is 0.184. The second-order valence-corrected chi connectivity index (χ2v) is 4.04. The summed E-state index contributed by atoms with van der Waals surface area (Å²) in [4.78, 5) is 0. The normalized spacial score (nSPS) is 13.8. The monoisotopic (exact) mass is 183 g/mol. The topological polar surface area (TPSA) is 21.3 Å². The fourth-order valence-corrected chi connectivity index (χ4v) is 0.911. The van der Waals surface area contributed by atoms with Crippen molar-refractivity contribution >= 4 is 0 Å². The maximum atomic E-state index is 5.54. The summed E-state index contributed by atoms with van der Waals surface area (Å²) in [5, 5.41) is 3.23. The molecule has 0 saturated carbocycles. The number of hydrogen-bond donors (Lipinski definition) is 1. The molecule has 13 heavy (non-hydrogen) atoms. The van der Waals surface area contributed by atoms with Crippen LogP contribution >= 0.6 is 0 Å². The summed E-state index contributed by atoms with van der Waals surface area (Å²) >= 11 is 0. The van der Waals surface area contributed by atoms with E-state index in [0.29, 0.717) is 6.61 Å². The highest BCUT2D eigenvalue weighted by atomic mass is 16.5. The Morgan fingerprint density at radius 1 is 1.46 bits per heavy atom. The van der Waals surface area contributed by atoms with Gasteiger partial charge in [-0.15, -0.1) is 6.42 Å². The molecule has 0 aromatic rings. The van der Waals surface area contributed by atoms with E-state index in [0.717, 1.165) is 13.0 Å². The molecular formula is C11H21NO. The molecule has 0 amide bonds. The number of terminal acetylenes is 1. The molecule has 0 spiro atoms. The van der Waals surface area contributed by atoms with Crippen molar-refractivity contribution in [2.24, 2.45) is 0 Å². The van der Waals surface area contributed by atoms with Crippen LogP contribution in [0.1, 0.15) is 34.1 Å². The van der Waals surface area contributed by atoms with Gasteiger partial charge in [0.25, 0.3) is 0 Å². The molecule has 0 aromatic heterocycles. The first-order valence-electron chi connectivity index (χ1n) is 4.83. The van der Waals surface area contributed by atoms with Gasteiger partial charge in [-0.1, -0.05) is 12.8 Å². The number of nitrogens with one attached hydrogen (secondary N) is 1. The van der Waals surface area contributed by atoms with Crippen molar-refractivity contribution in [1.29, 1.82) is 0 Å². The average Bonchev–Trinajstić information content (AvgIpc) is 2.03. The first-order valence-corrected chi connectivity index (χ1v) is 4.83. The van der Waals surface area contributed by atoms with Gasteiger partial charge >= 0.3 is 0 Å². The minimum Gasteiger partial charge on any atom is -0.375 e. The fourth-order valence-electron chi connectivity index (χ4n) is 0.911. The van der Waals surface area contributed by atoms with E-state index in [1.54, 1.807) is 0 Å². The van der Waals surface area contributed by atoms with Crippen LogP contribution in [0.5, 0.6) is 0 Å². The molecule has 0 aliphatic heterocycles. The molecule has 0 saturated heterocycles. The van der Waals surface area contributed by atoms with E-state index in [-0.39, 0.29) is 11.6 Å². The molecule has 1 unspecified atom stereocenters. The second kappa shape index (κ2) is 6.01. The highest BCUT2D eigenvalue weighted by Gasteiger charge is 2.09. The van der Waals surface area contributed by atoms with Gasteiger partial charge in [0, 0.05) is 6.54 Å². The minimum atomic E-state index is -0.0560. The lowest BCUT2D eigenvalue weighted by atomic mass is 10.2. The number of rotatable bonds is 5. The van der Waals surface area contributed by atoms with E-state index in [1.807, 2.05) is 20.8 Å². The molecule has 76 valence electrons. The molecule has 2 heteroatoms. The van der Waals surface area contributed by atoms with Crippen LogP contribution in [0.15, 0.2) is 0 Å². The highest BCUT2D eigenvalue weighted by molar-refractivity contribution is 4.97. The third-order valence-electron chi connectivity index (χ3n) is 1.64. The summed E-state index contributed by atoms with van der Waals surface area (Å²) in [6.07, 6.45) is 6.26. The van der Waals surface area contributed by atoms with Crippen LogP contribution in [0.25, 0.3) is 0 Å². The first kappa shape index (κ1) is 12.5. The zero-order valence-electron chi connectivity index (χ0n) is 9.18. The smallest absolute Gasteiger partial charge is 0.0685 e. The quantitative estimate of drug-likeness (QED) is 0.518. The molecule has 0 heterocycles. The van der Waals surface area contributed by atoms with Crippen molar-refractivity contribution in [1.82, 2.24) is 5.32 Å². The Morgan fingerprint density at radius 2 is 2.08 bits per heavy atom. The Morgan fingerprint density at radius 3 is 2.46 bits per heavy atom. The molecule has 0 rings (SSSR count). The van der Waals surface area contributed by atoms with Crippen LogP contribution in [0.4, 0.5) is 0 Å². The van der Waals surface area contributed by atoms with Gasteiger partial charge in [-0.25, -0.2) is 0 Å². The fraction of sp³-hybridized carbons (Fsp3) is 0.818. The predicted molar refractivity (Wildman–Crippen MR) is 56.6 cm³/mol. The van der Waals surface area contributed by atoms with Crippen LogP contribution in [0, 0.1) is 12.3 Å². The zero-order chi connectivity index (χ0) is 10.3. The largest absolute Gasteiger partial charge is 0.375 e. The molecule has 2 nitrogen and oxygen atoms in total. The van der Waals surface area contributed by atoms with Crippen LogP contribution in [-0.4, -0.2) is 24.8 Å². The van der Waals surface area contributed by atoms with E-state index in [1.165, 1.54) is 0 Å². The SMILES string of the molecule is C#CC(CC)NCCOC(C)(C)C. The van der Waals surface area contributed by atoms with Crippen molar-refractivity contribution < 1.29 is 4.74 Å².